The molecule has 3 rings (SSSR count). The Morgan fingerprint density at radius 1 is 1.19 bits per heavy atom. The number of urea groups is 1. The van der Waals surface area contributed by atoms with E-state index in [0.29, 0.717) is 6.54 Å². The van der Waals surface area contributed by atoms with Crippen molar-refractivity contribution in [3.05, 3.63) is 59.4 Å². The summed E-state index contributed by atoms with van der Waals surface area (Å²) >= 11 is 0. The van der Waals surface area contributed by atoms with Crippen LogP contribution in [0.1, 0.15) is 29.9 Å². The molecule has 138 valence electrons. The van der Waals surface area contributed by atoms with Crippen LogP contribution in [0.5, 0.6) is 0 Å². The maximum Gasteiger partial charge on any atom is 0.314 e. The fourth-order valence-electron chi connectivity index (χ4n) is 3.35. The molecular weight excluding hydrogens is 355 g/mol. The summed E-state index contributed by atoms with van der Waals surface area (Å²) in [7, 11) is -2.20. The molecule has 0 heterocycles. The highest BCUT2D eigenvalue weighted by Crippen LogP contribution is 2.34. The number of sulfone groups is 1. The number of fused-ring (bicyclic) bond motifs is 1. The third-order valence-corrected chi connectivity index (χ3v) is 6.45. The van der Waals surface area contributed by atoms with Gasteiger partial charge in [-0.3, -0.25) is 0 Å². The predicted molar refractivity (Wildman–Crippen MR) is 96.4 cm³/mol. The van der Waals surface area contributed by atoms with Crippen molar-refractivity contribution >= 4 is 15.9 Å². The van der Waals surface area contributed by atoms with E-state index in [-0.39, 0.29) is 21.7 Å². The molecule has 0 fully saturated rings. The molecule has 0 aromatic heterocycles. The van der Waals surface area contributed by atoms with Crippen LogP contribution in [0.3, 0.4) is 0 Å². The second-order valence-corrected chi connectivity index (χ2v) is 8.32. The molecule has 2 aromatic carbocycles. The molecule has 5 nitrogen and oxygen atoms in total. The Morgan fingerprint density at radius 2 is 1.96 bits per heavy atom. The minimum atomic E-state index is -3.76. The van der Waals surface area contributed by atoms with Crippen molar-refractivity contribution in [1.82, 2.24) is 10.6 Å². The summed E-state index contributed by atoms with van der Waals surface area (Å²) in [4.78, 5) is 11.5. The van der Waals surface area contributed by atoms with E-state index in [1.807, 2.05) is 6.07 Å². The number of aryl methyl sites for hydroxylation is 1. The molecule has 0 radical (unpaired) electrons. The van der Waals surface area contributed by atoms with E-state index in [2.05, 4.69) is 10.6 Å². The number of halogens is 1. The molecule has 2 amide bonds. The number of carbonyl (C=O) groups is 1. The normalized spacial score (nSPS) is 16.6. The zero-order chi connectivity index (χ0) is 18.7. The first kappa shape index (κ1) is 18.4. The van der Waals surface area contributed by atoms with Gasteiger partial charge in [-0.05, 0) is 60.7 Å². The first-order valence-electron chi connectivity index (χ1n) is 8.51. The topological polar surface area (TPSA) is 75.3 Å². The van der Waals surface area contributed by atoms with E-state index in [1.54, 1.807) is 19.2 Å². The number of rotatable bonds is 4. The first-order chi connectivity index (χ1) is 12.4. The molecule has 7 heteroatoms. The SMILES string of the molecule is CNC(=O)NCC1CCCc2cc(S(=O)(=O)c3cccc(F)c3)ccc21. The quantitative estimate of drug-likeness (QED) is 0.861. The highest BCUT2D eigenvalue weighted by molar-refractivity contribution is 7.91. The average Bonchev–Trinajstić information content (AvgIpc) is 2.65. The maximum atomic E-state index is 13.4. The molecule has 1 atom stereocenters. The summed E-state index contributed by atoms with van der Waals surface area (Å²) < 4.78 is 39.0. The predicted octanol–water partition coefficient (Wildman–Crippen LogP) is 3.01. The summed E-state index contributed by atoms with van der Waals surface area (Å²) in [6.07, 6.45) is 2.65. The second kappa shape index (κ2) is 7.45. The monoisotopic (exact) mass is 376 g/mol. The van der Waals surface area contributed by atoms with Crippen molar-refractivity contribution in [3.63, 3.8) is 0 Å². The van der Waals surface area contributed by atoms with Gasteiger partial charge < -0.3 is 10.6 Å². The largest absolute Gasteiger partial charge is 0.341 e. The van der Waals surface area contributed by atoms with Crippen LogP contribution in [0.25, 0.3) is 0 Å². The molecule has 0 saturated carbocycles. The summed E-state index contributed by atoms with van der Waals surface area (Å²) in [6.45, 7) is 0.503. The van der Waals surface area contributed by atoms with Gasteiger partial charge in [0.05, 0.1) is 9.79 Å². The van der Waals surface area contributed by atoms with Gasteiger partial charge in [0.15, 0.2) is 0 Å². The van der Waals surface area contributed by atoms with E-state index in [9.17, 15) is 17.6 Å². The summed E-state index contributed by atoms with van der Waals surface area (Å²) in [5.41, 5.74) is 2.03. The van der Waals surface area contributed by atoms with Crippen molar-refractivity contribution in [3.8, 4) is 0 Å². The Bertz CT molecular complexity index is 928. The van der Waals surface area contributed by atoms with E-state index >= 15 is 0 Å². The minimum absolute atomic E-state index is 0.0499. The van der Waals surface area contributed by atoms with Gasteiger partial charge in [0, 0.05) is 19.5 Å². The van der Waals surface area contributed by atoms with Crippen molar-refractivity contribution < 1.29 is 17.6 Å². The lowest BCUT2D eigenvalue weighted by Crippen LogP contribution is -2.36. The van der Waals surface area contributed by atoms with Crippen LogP contribution < -0.4 is 10.6 Å². The van der Waals surface area contributed by atoms with Gasteiger partial charge in [-0.15, -0.1) is 0 Å². The van der Waals surface area contributed by atoms with Crippen LogP contribution in [0, 0.1) is 5.82 Å². The molecule has 1 aliphatic carbocycles. The van der Waals surface area contributed by atoms with Crippen LogP contribution in [-0.4, -0.2) is 28.0 Å². The Labute approximate surface area is 152 Å². The Hall–Kier alpha value is -2.41. The molecule has 0 bridgehead atoms. The highest BCUT2D eigenvalue weighted by Gasteiger charge is 2.24. The highest BCUT2D eigenvalue weighted by atomic mass is 32.2. The molecule has 0 aliphatic heterocycles. The molecule has 1 aliphatic rings. The van der Waals surface area contributed by atoms with Crippen molar-refractivity contribution in [2.24, 2.45) is 0 Å². The molecule has 2 N–H and O–H groups in total. The van der Waals surface area contributed by atoms with Gasteiger partial charge in [0.1, 0.15) is 5.82 Å². The van der Waals surface area contributed by atoms with Crippen LogP contribution in [-0.2, 0) is 16.3 Å². The van der Waals surface area contributed by atoms with E-state index < -0.39 is 15.7 Å². The van der Waals surface area contributed by atoms with Gasteiger partial charge in [-0.1, -0.05) is 12.1 Å². The van der Waals surface area contributed by atoms with Gasteiger partial charge in [0.25, 0.3) is 0 Å². The lowest BCUT2D eigenvalue weighted by atomic mass is 9.83. The second-order valence-electron chi connectivity index (χ2n) is 6.37. The number of benzene rings is 2. The third kappa shape index (κ3) is 3.72. The standard InChI is InChI=1S/C19H21FN2O3S/c1-21-19(23)22-12-14-5-2-4-13-10-17(8-9-18(13)14)26(24,25)16-7-3-6-15(20)11-16/h3,6-11,14H,2,4-5,12H2,1H3,(H2,21,22,23). The smallest absolute Gasteiger partial charge is 0.314 e. The Kier molecular flexibility index (Phi) is 5.27. The van der Waals surface area contributed by atoms with Crippen molar-refractivity contribution in [2.75, 3.05) is 13.6 Å². The molecule has 2 aromatic rings. The number of hydrogen-bond acceptors (Lipinski definition) is 3. The zero-order valence-electron chi connectivity index (χ0n) is 14.5. The third-order valence-electron chi connectivity index (χ3n) is 4.71. The van der Waals surface area contributed by atoms with Gasteiger partial charge in [0.2, 0.25) is 9.84 Å². The van der Waals surface area contributed by atoms with Gasteiger partial charge in [-0.25, -0.2) is 17.6 Å². The van der Waals surface area contributed by atoms with Crippen LogP contribution >= 0.6 is 0 Å². The maximum absolute atomic E-state index is 13.4. The van der Waals surface area contributed by atoms with E-state index in [4.69, 9.17) is 0 Å². The fraction of sp³-hybridized carbons (Fsp3) is 0.316. The van der Waals surface area contributed by atoms with E-state index in [0.717, 1.165) is 36.5 Å². The molecule has 1 unspecified atom stereocenters. The first-order valence-corrected chi connectivity index (χ1v) is 9.99. The number of hydrogen-bond donors (Lipinski definition) is 2. The number of carbonyl (C=O) groups excluding carboxylic acids is 1. The lowest BCUT2D eigenvalue weighted by Gasteiger charge is -2.26. The Morgan fingerprint density at radius 3 is 2.69 bits per heavy atom. The van der Waals surface area contributed by atoms with Crippen molar-refractivity contribution in [2.45, 2.75) is 35.0 Å². The molecule has 0 saturated heterocycles. The van der Waals surface area contributed by atoms with Crippen LogP contribution in [0.4, 0.5) is 9.18 Å². The van der Waals surface area contributed by atoms with Crippen LogP contribution in [0.2, 0.25) is 0 Å². The van der Waals surface area contributed by atoms with Gasteiger partial charge in [-0.2, -0.15) is 0 Å². The Balaban J connectivity index is 1.90. The van der Waals surface area contributed by atoms with E-state index in [1.165, 1.54) is 18.2 Å². The lowest BCUT2D eigenvalue weighted by molar-refractivity contribution is 0.242. The van der Waals surface area contributed by atoms with Crippen LogP contribution in [0.15, 0.2) is 52.3 Å². The van der Waals surface area contributed by atoms with Crippen molar-refractivity contribution in [1.29, 1.82) is 0 Å². The number of amides is 2. The summed E-state index contributed by atoms with van der Waals surface area (Å²) in [5, 5.41) is 5.33. The molecule has 26 heavy (non-hydrogen) atoms. The van der Waals surface area contributed by atoms with Gasteiger partial charge >= 0.3 is 6.03 Å². The zero-order valence-corrected chi connectivity index (χ0v) is 15.3. The summed E-state index contributed by atoms with van der Waals surface area (Å²) in [5.74, 6) is -0.425. The average molecular weight is 376 g/mol. The minimum Gasteiger partial charge on any atom is -0.341 e. The molecule has 0 spiro atoms. The molecular formula is C19H21FN2O3S. The number of nitrogens with one attached hydrogen (secondary N) is 2. The summed E-state index contributed by atoms with van der Waals surface area (Å²) in [6, 6.07) is 9.87. The fourth-order valence-corrected chi connectivity index (χ4v) is 4.69.